The molecule has 1 N–H and O–H groups in total. The molecule has 9 heteroatoms. The summed E-state index contributed by atoms with van der Waals surface area (Å²) in [5, 5.41) is 3.03. The Balaban J connectivity index is 2.06. The zero-order chi connectivity index (χ0) is 30.0. The van der Waals surface area contributed by atoms with Crippen molar-refractivity contribution in [2.75, 3.05) is 24.2 Å². The van der Waals surface area contributed by atoms with Crippen molar-refractivity contribution in [3.05, 3.63) is 95.6 Å². The standard InChI is InChI=1S/C32H41N3O5S/c1-6-24(3)33-32(37)30(21-26-12-9-8-10-13-26)34(22-27-14-11-15-29(20-27)40-4)31(36)23-35(41(5,38)39)28-18-16-25(7-2)17-19-28/h8-20,24,30H,6-7,21-23H2,1-5H3,(H,33,37)/t24-,30-/m0/s1. The highest BCUT2D eigenvalue weighted by Gasteiger charge is 2.33. The van der Waals surface area contributed by atoms with Crippen LogP contribution in [0.15, 0.2) is 78.9 Å². The molecule has 3 rings (SSSR count). The van der Waals surface area contributed by atoms with E-state index >= 15 is 0 Å². The van der Waals surface area contributed by atoms with Crippen molar-refractivity contribution >= 4 is 27.5 Å². The highest BCUT2D eigenvalue weighted by molar-refractivity contribution is 7.92. The van der Waals surface area contributed by atoms with Gasteiger partial charge in [-0.15, -0.1) is 0 Å². The van der Waals surface area contributed by atoms with Gasteiger partial charge in [0.1, 0.15) is 18.3 Å². The Bertz CT molecular complexity index is 1390. The number of anilines is 1. The molecule has 2 amide bonds. The van der Waals surface area contributed by atoms with Gasteiger partial charge in [-0.1, -0.05) is 68.4 Å². The first-order valence-electron chi connectivity index (χ1n) is 13.9. The maximum absolute atomic E-state index is 14.2. The molecule has 0 saturated carbocycles. The van der Waals surface area contributed by atoms with Crippen LogP contribution >= 0.6 is 0 Å². The summed E-state index contributed by atoms with van der Waals surface area (Å²) >= 11 is 0. The van der Waals surface area contributed by atoms with E-state index in [1.807, 2.05) is 81.4 Å². The fourth-order valence-electron chi connectivity index (χ4n) is 4.47. The second-order valence-corrected chi connectivity index (χ2v) is 12.1. The molecule has 0 aliphatic carbocycles. The van der Waals surface area contributed by atoms with Gasteiger partial charge < -0.3 is 15.0 Å². The molecule has 220 valence electrons. The largest absolute Gasteiger partial charge is 0.497 e. The quantitative estimate of drug-likeness (QED) is 0.302. The van der Waals surface area contributed by atoms with E-state index in [0.29, 0.717) is 11.4 Å². The first kappa shape index (κ1) is 31.7. The van der Waals surface area contributed by atoms with Gasteiger partial charge in [-0.05, 0) is 60.7 Å². The predicted octanol–water partition coefficient (Wildman–Crippen LogP) is 4.58. The first-order valence-corrected chi connectivity index (χ1v) is 15.7. The Labute approximate surface area is 244 Å². The molecule has 0 unspecified atom stereocenters. The van der Waals surface area contributed by atoms with Gasteiger partial charge in [0, 0.05) is 19.0 Å². The fraction of sp³-hybridized carbons (Fsp3) is 0.375. The molecule has 0 saturated heterocycles. The van der Waals surface area contributed by atoms with Crippen LogP contribution < -0.4 is 14.4 Å². The number of hydrogen-bond acceptors (Lipinski definition) is 5. The molecular weight excluding hydrogens is 538 g/mol. The van der Waals surface area contributed by atoms with Crippen molar-refractivity contribution in [3.8, 4) is 5.75 Å². The van der Waals surface area contributed by atoms with E-state index in [1.165, 1.54) is 4.90 Å². The summed E-state index contributed by atoms with van der Waals surface area (Å²) in [5.74, 6) is -0.164. The van der Waals surface area contributed by atoms with Crippen molar-refractivity contribution in [1.29, 1.82) is 0 Å². The lowest BCUT2D eigenvalue weighted by Crippen LogP contribution is -2.54. The average Bonchev–Trinajstić information content (AvgIpc) is 2.97. The molecular formula is C32H41N3O5S. The molecule has 0 heterocycles. The van der Waals surface area contributed by atoms with Crippen LogP contribution in [0.1, 0.15) is 43.9 Å². The van der Waals surface area contributed by atoms with Crippen molar-refractivity contribution in [2.45, 2.75) is 58.7 Å². The van der Waals surface area contributed by atoms with E-state index in [2.05, 4.69) is 5.32 Å². The topological polar surface area (TPSA) is 96.0 Å². The number of ether oxygens (including phenoxy) is 1. The number of aryl methyl sites for hydroxylation is 1. The molecule has 41 heavy (non-hydrogen) atoms. The Morgan fingerprint density at radius 1 is 0.902 bits per heavy atom. The molecule has 3 aromatic rings. The molecule has 2 atom stereocenters. The van der Waals surface area contributed by atoms with Gasteiger partial charge in [-0.2, -0.15) is 0 Å². The number of rotatable bonds is 14. The van der Waals surface area contributed by atoms with Gasteiger partial charge in [0.15, 0.2) is 0 Å². The molecule has 8 nitrogen and oxygen atoms in total. The number of sulfonamides is 1. The van der Waals surface area contributed by atoms with E-state index in [4.69, 9.17) is 4.74 Å². The number of carbonyl (C=O) groups is 2. The molecule has 0 spiro atoms. The lowest BCUT2D eigenvalue weighted by molar-refractivity contribution is -0.140. The molecule has 0 aromatic heterocycles. The average molecular weight is 580 g/mol. The smallest absolute Gasteiger partial charge is 0.244 e. The van der Waals surface area contributed by atoms with E-state index in [9.17, 15) is 18.0 Å². The van der Waals surface area contributed by atoms with Crippen molar-refractivity contribution in [2.24, 2.45) is 0 Å². The van der Waals surface area contributed by atoms with Gasteiger partial charge in [0.2, 0.25) is 21.8 Å². The molecule has 0 aliphatic heterocycles. The highest BCUT2D eigenvalue weighted by Crippen LogP contribution is 2.22. The summed E-state index contributed by atoms with van der Waals surface area (Å²) in [7, 11) is -2.25. The zero-order valence-electron chi connectivity index (χ0n) is 24.5. The van der Waals surface area contributed by atoms with Crippen LogP contribution in [0.3, 0.4) is 0 Å². The minimum Gasteiger partial charge on any atom is -0.497 e. The number of carbonyl (C=O) groups excluding carboxylic acids is 2. The molecule has 0 bridgehead atoms. The minimum atomic E-state index is -3.81. The highest BCUT2D eigenvalue weighted by atomic mass is 32.2. The van der Waals surface area contributed by atoms with Crippen LogP contribution in [-0.2, 0) is 39.0 Å². The normalized spacial score (nSPS) is 12.7. The number of benzene rings is 3. The third-order valence-electron chi connectivity index (χ3n) is 7.07. The van der Waals surface area contributed by atoms with Crippen LogP contribution in [0.25, 0.3) is 0 Å². The third kappa shape index (κ3) is 9.08. The Morgan fingerprint density at radius 3 is 2.15 bits per heavy atom. The summed E-state index contributed by atoms with van der Waals surface area (Å²) < 4.78 is 32.3. The van der Waals surface area contributed by atoms with Crippen LogP contribution in [0.2, 0.25) is 0 Å². The predicted molar refractivity (Wildman–Crippen MR) is 163 cm³/mol. The molecule has 0 aliphatic rings. The van der Waals surface area contributed by atoms with E-state index in [-0.39, 0.29) is 24.9 Å². The molecule has 0 radical (unpaired) electrons. The second kappa shape index (κ2) is 14.7. The first-order chi connectivity index (χ1) is 19.5. The summed E-state index contributed by atoms with van der Waals surface area (Å²) in [6, 6.07) is 22.9. The maximum atomic E-state index is 14.2. The third-order valence-corrected chi connectivity index (χ3v) is 8.21. The molecule has 3 aromatic carbocycles. The van der Waals surface area contributed by atoms with Crippen molar-refractivity contribution in [3.63, 3.8) is 0 Å². The zero-order valence-corrected chi connectivity index (χ0v) is 25.4. The minimum absolute atomic E-state index is 0.0911. The summed E-state index contributed by atoms with van der Waals surface area (Å²) in [6.45, 7) is 5.55. The van der Waals surface area contributed by atoms with Crippen molar-refractivity contribution in [1.82, 2.24) is 10.2 Å². The van der Waals surface area contributed by atoms with Crippen LogP contribution in [0, 0.1) is 0 Å². The summed E-state index contributed by atoms with van der Waals surface area (Å²) in [5.41, 5.74) is 3.08. The number of nitrogens with one attached hydrogen (secondary N) is 1. The van der Waals surface area contributed by atoms with Gasteiger partial charge in [0.25, 0.3) is 0 Å². The lowest BCUT2D eigenvalue weighted by atomic mass is 10.0. The van der Waals surface area contributed by atoms with Gasteiger partial charge in [0.05, 0.1) is 19.1 Å². The number of nitrogens with zero attached hydrogens (tertiary/aromatic N) is 2. The summed E-state index contributed by atoms with van der Waals surface area (Å²) in [6.07, 6.45) is 2.88. The second-order valence-electron chi connectivity index (χ2n) is 10.2. The number of hydrogen-bond donors (Lipinski definition) is 1. The lowest BCUT2D eigenvalue weighted by Gasteiger charge is -2.34. The van der Waals surface area contributed by atoms with Gasteiger partial charge >= 0.3 is 0 Å². The fourth-order valence-corrected chi connectivity index (χ4v) is 5.32. The monoisotopic (exact) mass is 579 g/mol. The SMILES string of the molecule is CCc1ccc(N(CC(=O)N(Cc2cccc(OC)c2)[C@@H](Cc2ccccc2)C(=O)N[C@@H](C)CC)S(C)(=O)=O)cc1. The van der Waals surface area contributed by atoms with E-state index < -0.39 is 28.5 Å². The van der Waals surface area contributed by atoms with Gasteiger partial charge in [-0.25, -0.2) is 8.42 Å². The van der Waals surface area contributed by atoms with Gasteiger partial charge in [-0.3, -0.25) is 13.9 Å². The van der Waals surface area contributed by atoms with E-state index in [0.717, 1.165) is 40.1 Å². The van der Waals surface area contributed by atoms with Crippen LogP contribution in [0.4, 0.5) is 5.69 Å². The van der Waals surface area contributed by atoms with Crippen LogP contribution in [0.5, 0.6) is 5.75 Å². The Morgan fingerprint density at radius 2 is 1.56 bits per heavy atom. The Kier molecular flexibility index (Phi) is 11.3. The number of amides is 2. The van der Waals surface area contributed by atoms with E-state index in [1.54, 1.807) is 25.3 Å². The Hall–Kier alpha value is -3.85. The number of methoxy groups -OCH3 is 1. The maximum Gasteiger partial charge on any atom is 0.244 e. The summed E-state index contributed by atoms with van der Waals surface area (Å²) in [4.78, 5) is 29.4. The van der Waals surface area contributed by atoms with Crippen molar-refractivity contribution < 1.29 is 22.7 Å². The van der Waals surface area contributed by atoms with Crippen LogP contribution in [-0.4, -0.2) is 57.1 Å². The molecule has 0 fully saturated rings.